The Morgan fingerprint density at radius 3 is 2.69 bits per heavy atom. The molecule has 4 heterocycles. The lowest BCUT2D eigenvalue weighted by molar-refractivity contribution is 0.0638. The van der Waals surface area contributed by atoms with Gasteiger partial charge in [0, 0.05) is 23.5 Å². The fourth-order valence-electron chi connectivity index (χ4n) is 3.59. The number of hydrogen-bond donors (Lipinski definition) is 0. The molecule has 1 unspecified atom stereocenters. The van der Waals surface area contributed by atoms with Crippen molar-refractivity contribution in [3.05, 3.63) is 59.0 Å². The summed E-state index contributed by atoms with van der Waals surface area (Å²) in [7, 11) is 0. The Hall–Kier alpha value is -3.33. The van der Waals surface area contributed by atoms with Crippen molar-refractivity contribution in [1.29, 1.82) is 0 Å². The minimum atomic E-state index is -0.210. The van der Waals surface area contributed by atoms with E-state index in [2.05, 4.69) is 26.4 Å². The normalized spacial score (nSPS) is 16.1. The zero-order chi connectivity index (χ0) is 20.0. The highest BCUT2D eigenvalue weighted by Gasteiger charge is 2.33. The molecular formula is C20H18N6O2S. The van der Waals surface area contributed by atoms with Crippen molar-refractivity contribution in [1.82, 2.24) is 29.8 Å². The van der Waals surface area contributed by atoms with E-state index in [0.717, 1.165) is 5.56 Å². The molecule has 3 aromatic heterocycles. The fraction of sp³-hybridized carbons (Fsp3) is 0.250. The van der Waals surface area contributed by atoms with Crippen LogP contribution < -0.4 is 0 Å². The zero-order valence-electron chi connectivity index (χ0n) is 15.9. The summed E-state index contributed by atoms with van der Waals surface area (Å²) in [6.07, 6.45) is 0. The average molecular weight is 406 g/mol. The number of carbonyl (C=O) groups excluding carboxylic acids is 1. The van der Waals surface area contributed by atoms with Crippen LogP contribution in [0.5, 0.6) is 0 Å². The van der Waals surface area contributed by atoms with Crippen LogP contribution in [-0.2, 0) is 6.54 Å². The predicted molar refractivity (Wildman–Crippen MR) is 107 cm³/mol. The van der Waals surface area contributed by atoms with E-state index in [1.54, 1.807) is 18.3 Å². The summed E-state index contributed by atoms with van der Waals surface area (Å²) in [4.78, 5) is 20.4. The molecule has 1 aliphatic heterocycles. The lowest BCUT2D eigenvalue weighted by Gasteiger charge is -2.33. The van der Waals surface area contributed by atoms with Gasteiger partial charge in [-0.3, -0.25) is 4.79 Å². The highest BCUT2D eigenvalue weighted by Crippen LogP contribution is 2.30. The first-order chi connectivity index (χ1) is 14.1. The van der Waals surface area contributed by atoms with E-state index in [-0.39, 0.29) is 11.9 Å². The smallest absolute Gasteiger partial charge is 0.295 e. The van der Waals surface area contributed by atoms with E-state index in [0.29, 0.717) is 42.0 Å². The Morgan fingerprint density at radius 1 is 1.17 bits per heavy atom. The third-order valence-corrected chi connectivity index (χ3v) is 6.02. The van der Waals surface area contributed by atoms with Gasteiger partial charge in [-0.15, -0.1) is 21.5 Å². The summed E-state index contributed by atoms with van der Waals surface area (Å²) in [5, 5.41) is 14.4. The summed E-state index contributed by atoms with van der Waals surface area (Å²) in [5.74, 6) is 2.13. The SMILES string of the molecule is Cc1noc(-c2nnc3n2CCN(C(=O)c2ccc(-c4cccs4)cc2)C3C)n1. The van der Waals surface area contributed by atoms with E-state index in [1.165, 1.54) is 4.88 Å². The van der Waals surface area contributed by atoms with Crippen LogP contribution in [0.1, 0.15) is 35.0 Å². The number of benzene rings is 1. The molecule has 1 atom stereocenters. The summed E-state index contributed by atoms with van der Waals surface area (Å²) < 4.78 is 7.18. The highest BCUT2D eigenvalue weighted by atomic mass is 32.1. The number of hydrogen-bond acceptors (Lipinski definition) is 7. The number of fused-ring (bicyclic) bond motifs is 1. The number of thiophene rings is 1. The first-order valence-electron chi connectivity index (χ1n) is 9.30. The molecule has 1 aromatic carbocycles. The van der Waals surface area contributed by atoms with Gasteiger partial charge < -0.3 is 14.0 Å². The minimum Gasteiger partial charge on any atom is -0.330 e. The van der Waals surface area contributed by atoms with Gasteiger partial charge in [-0.2, -0.15) is 4.98 Å². The Labute approximate surface area is 170 Å². The maximum Gasteiger partial charge on any atom is 0.295 e. The Kier molecular flexibility index (Phi) is 4.24. The molecule has 0 radical (unpaired) electrons. The molecule has 29 heavy (non-hydrogen) atoms. The molecule has 0 saturated carbocycles. The number of aryl methyl sites for hydroxylation is 1. The molecule has 9 heteroatoms. The van der Waals surface area contributed by atoms with Crippen molar-refractivity contribution in [2.45, 2.75) is 26.4 Å². The second-order valence-electron chi connectivity index (χ2n) is 6.91. The van der Waals surface area contributed by atoms with Crippen LogP contribution in [0.25, 0.3) is 22.2 Å². The lowest BCUT2D eigenvalue weighted by Crippen LogP contribution is -2.41. The molecule has 0 spiro atoms. The summed E-state index contributed by atoms with van der Waals surface area (Å²) >= 11 is 1.68. The molecule has 0 N–H and O–H groups in total. The third-order valence-electron chi connectivity index (χ3n) is 5.10. The number of rotatable bonds is 3. The summed E-state index contributed by atoms with van der Waals surface area (Å²) in [6.45, 7) is 4.84. The van der Waals surface area contributed by atoms with Crippen molar-refractivity contribution < 1.29 is 9.32 Å². The average Bonchev–Trinajstić information content (AvgIpc) is 3.48. The van der Waals surface area contributed by atoms with Crippen LogP contribution >= 0.6 is 11.3 Å². The number of carbonyl (C=O) groups is 1. The van der Waals surface area contributed by atoms with Crippen LogP contribution in [0, 0.1) is 6.92 Å². The van der Waals surface area contributed by atoms with Gasteiger partial charge in [0.05, 0.1) is 6.04 Å². The quantitative estimate of drug-likeness (QED) is 0.517. The number of amides is 1. The minimum absolute atomic E-state index is 0.0142. The van der Waals surface area contributed by atoms with Gasteiger partial charge in [0.2, 0.25) is 5.82 Å². The number of aromatic nitrogens is 5. The Bertz CT molecular complexity index is 1160. The maximum atomic E-state index is 13.1. The van der Waals surface area contributed by atoms with E-state index < -0.39 is 0 Å². The van der Waals surface area contributed by atoms with Gasteiger partial charge in [-0.1, -0.05) is 23.4 Å². The summed E-state index contributed by atoms with van der Waals surface area (Å²) in [5.41, 5.74) is 1.78. The fourth-order valence-corrected chi connectivity index (χ4v) is 4.33. The highest BCUT2D eigenvalue weighted by molar-refractivity contribution is 7.13. The molecule has 1 aliphatic rings. The van der Waals surface area contributed by atoms with Crippen molar-refractivity contribution in [2.24, 2.45) is 0 Å². The van der Waals surface area contributed by atoms with Crippen molar-refractivity contribution >= 4 is 17.2 Å². The first-order valence-corrected chi connectivity index (χ1v) is 10.2. The molecule has 4 aromatic rings. The lowest BCUT2D eigenvalue weighted by atomic mass is 10.1. The predicted octanol–water partition coefficient (Wildman–Crippen LogP) is 3.58. The standard InChI is InChI=1S/C20H18N6O2S/c1-12-17-22-23-18(19-21-13(2)24-28-19)26(17)10-9-25(12)20(27)15-7-5-14(6-8-15)16-4-3-11-29-16/h3-8,11-12H,9-10H2,1-2H3. The monoisotopic (exact) mass is 406 g/mol. The van der Waals surface area contributed by atoms with Crippen LogP contribution in [0.3, 0.4) is 0 Å². The number of nitrogens with zero attached hydrogens (tertiary/aromatic N) is 6. The van der Waals surface area contributed by atoms with Crippen LogP contribution in [0.4, 0.5) is 0 Å². The third kappa shape index (κ3) is 3.03. The van der Waals surface area contributed by atoms with Crippen LogP contribution in [0.15, 0.2) is 46.3 Å². The molecule has 0 aliphatic carbocycles. The van der Waals surface area contributed by atoms with Gasteiger partial charge in [-0.05, 0) is 43.0 Å². The molecule has 0 saturated heterocycles. The zero-order valence-corrected chi connectivity index (χ0v) is 16.8. The second kappa shape index (κ2) is 6.93. The van der Waals surface area contributed by atoms with Crippen molar-refractivity contribution in [2.75, 3.05) is 6.54 Å². The van der Waals surface area contributed by atoms with E-state index in [9.17, 15) is 4.79 Å². The maximum absolute atomic E-state index is 13.1. The van der Waals surface area contributed by atoms with Crippen LogP contribution in [0.2, 0.25) is 0 Å². The molecular weight excluding hydrogens is 388 g/mol. The summed E-state index contributed by atoms with van der Waals surface area (Å²) in [6, 6.07) is 11.6. The van der Waals surface area contributed by atoms with Gasteiger partial charge in [-0.25, -0.2) is 0 Å². The molecule has 0 fully saturated rings. The van der Waals surface area contributed by atoms with Gasteiger partial charge in [0.15, 0.2) is 11.6 Å². The van der Waals surface area contributed by atoms with E-state index in [1.807, 2.05) is 52.1 Å². The largest absolute Gasteiger partial charge is 0.330 e. The van der Waals surface area contributed by atoms with E-state index in [4.69, 9.17) is 4.52 Å². The molecule has 146 valence electrons. The van der Waals surface area contributed by atoms with Crippen molar-refractivity contribution in [3.63, 3.8) is 0 Å². The Morgan fingerprint density at radius 2 is 2.00 bits per heavy atom. The van der Waals surface area contributed by atoms with Gasteiger partial charge in [0.25, 0.3) is 11.8 Å². The second-order valence-corrected chi connectivity index (χ2v) is 7.86. The molecule has 5 rings (SSSR count). The van der Waals surface area contributed by atoms with Gasteiger partial charge in [0.1, 0.15) is 0 Å². The first kappa shape index (κ1) is 17.7. The topological polar surface area (TPSA) is 89.9 Å². The van der Waals surface area contributed by atoms with E-state index >= 15 is 0 Å². The Balaban J connectivity index is 1.39. The van der Waals surface area contributed by atoms with Crippen molar-refractivity contribution in [3.8, 4) is 22.2 Å². The van der Waals surface area contributed by atoms with Gasteiger partial charge >= 0.3 is 0 Å². The molecule has 0 bridgehead atoms. The van der Waals surface area contributed by atoms with Crippen LogP contribution in [-0.4, -0.2) is 42.3 Å². The molecule has 1 amide bonds. The molecule has 8 nitrogen and oxygen atoms in total.